The molecule has 1 unspecified atom stereocenters. The smallest absolute Gasteiger partial charge is 0.242 e. The highest BCUT2D eigenvalue weighted by atomic mass is 35.5. The standard InChI is InChI=1S/C12H17ClN2O3S/c1-12(5-2-6-18-8-12)15-19(16,17)11-4-3-9(14)7-10(11)13/h3-4,7,15H,2,5-6,8,14H2,1H3. The van der Waals surface area contributed by atoms with E-state index in [-0.39, 0.29) is 9.92 Å². The van der Waals surface area contributed by atoms with Gasteiger partial charge in [-0.05, 0) is 38.0 Å². The van der Waals surface area contributed by atoms with Crippen molar-refractivity contribution in [2.24, 2.45) is 0 Å². The molecule has 0 amide bonds. The van der Waals surface area contributed by atoms with E-state index in [0.29, 0.717) is 18.9 Å². The molecule has 19 heavy (non-hydrogen) atoms. The minimum absolute atomic E-state index is 0.0372. The summed E-state index contributed by atoms with van der Waals surface area (Å²) in [6, 6.07) is 4.35. The molecular formula is C12H17ClN2O3S. The van der Waals surface area contributed by atoms with E-state index in [1.807, 2.05) is 6.92 Å². The second-order valence-corrected chi connectivity index (χ2v) is 7.07. The lowest BCUT2D eigenvalue weighted by atomic mass is 9.97. The van der Waals surface area contributed by atoms with Crippen LogP contribution in [0.4, 0.5) is 5.69 Å². The van der Waals surface area contributed by atoms with E-state index in [9.17, 15) is 8.42 Å². The molecule has 106 valence electrons. The molecule has 1 heterocycles. The normalized spacial score (nSPS) is 24.3. The van der Waals surface area contributed by atoms with Gasteiger partial charge in [0.05, 0.1) is 17.2 Å². The maximum absolute atomic E-state index is 12.3. The number of nitrogens with one attached hydrogen (secondary N) is 1. The predicted molar refractivity (Wildman–Crippen MR) is 74.6 cm³/mol. The highest BCUT2D eigenvalue weighted by molar-refractivity contribution is 7.89. The number of hydrogen-bond acceptors (Lipinski definition) is 4. The molecule has 7 heteroatoms. The maximum atomic E-state index is 12.3. The Kier molecular flexibility index (Phi) is 4.06. The van der Waals surface area contributed by atoms with E-state index in [4.69, 9.17) is 22.1 Å². The van der Waals surface area contributed by atoms with Crippen LogP contribution in [0.5, 0.6) is 0 Å². The number of hydrogen-bond donors (Lipinski definition) is 2. The number of halogens is 1. The van der Waals surface area contributed by atoms with Crippen molar-refractivity contribution in [1.29, 1.82) is 0 Å². The molecule has 0 aliphatic carbocycles. The average molecular weight is 305 g/mol. The first-order valence-corrected chi connectivity index (χ1v) is 7.85. The van der Waals surface area contributed by atoms with Gasteiger partial charge in [0.2, 0.25) is 10.0 Å². The molecule has 1 aromatic rings. The van der Waals surface area contributed by atoms with Crippen molar-refractivity contribution in [3.8, 4) is 0 Å². The zero-order valence-corrected chi connectivity index (χ0v) is 12.2. The summed E-state index contributed by atoms with van der Waals surface area (Å²) in [4.78, 5) is 0.0372. The Labute approximate surface area is 118 Å². The molecule has 1 aliphatic rings. The molecule has 1 aliphatic heterocycles. The lowest BCUT2D eigenvalue weighted by molar-refractivity contribution is 0.0386. The van der Waals surface area contributed by atoms with E-state index in [2.05, 4.69) is 4.72 Å². The fraction of sp³-hybridized carbons (Fsp3) is 0.500. The van der Waals surface area contributed by atoms with Crippen LogP contribution in [-0.4, -0.2) is 27.2 Å². The van der Waals surface area contributed by atoms with E-state index in [0.717, 1.165) is 12.8 Å². The quantitative estimate of drug-likeness (QED) is 0.834. The second-order valence-electron chi connectivity index (χ2n) is 5.01. The third kappa shape index (κ3) is 3.39. The third-order valence-corrected chi connectivity index (χ3v) is 5.19. The lowest BCUT2D eigenvalue weighted by Crippen LogP contribution is -2.51. The largest absolute Gasteiger partial charge is 0.399 e. The highest BCUT2D eigenvalue weighted by Gasteiger charge is 2.33. The summed E-state index contributed by atoms with van der Waals surface area (Å²) in [7, 11) is -3.68. The van der Waals surface area contributed by atoms with E-state index < -0.39 is 15.6 Å². The Balaban J connectivity index is 2.27. The van der Waals surface area contributed by atoms with Crippen LogP contribution in [0.15, 0.2) is 23.1 Å². The average Bonchev–Trinajstić information content (AvgIpc) is 2.27. The maximum Gasteiger partial charge on any atom is 0.242 e. The van der Waals surface area contributed by atoms with Gasteiger partial charge in [-0.3, -0.25) is 0 Å². The number of nitrogen functional groups attached to an aromatic ring is 1. The predicted octanol–water partition coefficient (Wildman–Crippen LogP) is 1.77. The Morgan fingerprint density at radius 1 is 1.47 bits per heavy atom. The highest BCUT2D eigenvalue weighted by Crippen LogP contribution is 2.27. The molecule has 5 nitrogen and oxygen atoms in total. The van der Waals surface area contributed by atoms with Crippen molar-refractivity contribution in [2.75, 3.05) is 18.9 Å². The summed E-state index contributed by atoms with van der Waals surface area (Å²) in [5.41, 5.74) is 5.39. The third-order valence-electron chi connectivity index (χ3n) is 3.06. The summed E-state index contributed by atoms with van der Waals surface area (Å²) in [6.07, 6.45) is 1.56. The molecule has 0 aromatic heterocycles. The van der Waals surface area contributed by atoms with Gasteiger partial charge in [-0.2, -0.15) is 0 Å². The van der Waals surface area contributed by atoms with Gasteiger partial charge in [0, 0.05) is 12.3 Å². The van der Waals surface area contributed by atoms with Crippen molar-refractivity contribution in [2.45, 2.75) is 30.2 Å². The zero-order valence-electron chi connectivity index (χ0n) is 10.6. The fourth-order valence-electron chi connectivity index (χ4n) is 2.13. The molecule has 1 saturated heterocycles. The summed E-state index contributed by atoms with van der Waals surface area (Å²) >= 11 is 5.95. The van der Waals surface area contributed by atoms with Crippen LogP contribution >= 0.6 is 11.6 Å². The van der Waals surface area contributed by atoms with E-state index in [1.54, 1.807) is 0 Å². The van der Waals surface area contributed by atoms with Crippen LogP contribution in [0, 0.1) is 0 Å². The molecule has 1 aromatic carbocycles. The molecule has 0 spiro atoms. The lowest BCUT2D eigenvalue weighted by Gasteiger charge is -2.33. The molecule has 0 bridgehead atoms. The Morgan fingerprint density at radius 2 is 2.21 bits per heavy atom. The van der Waals surface area contributed by atoms with Crippen molar-refractivity contribution >= 4 is 27.3 Å². The van der Waals surface area contributed by atoms with Crippen LogP contribution in [0.2, 0.25) is 5.02 Å². The molecule has 3 N–H and O–H groups in total. The van der Waals surface area contributed by atoms with Gasteiger partial charge in [-0.15, -0.1) is 0 Å². The first-order chi connectivity index (χ1) is 8.82. The number of anilines is 1. The number of sulfonamides is 1. The van der Waals surface area contributed by atoms with Gasteiger partial charge in [0.1, 0.15) is 4.90 Å². The minimum atomic E-state index is -3.68. The molecule has 2 rings (SSSR count). The van der Waals surface area contributed by atoms with Crippen molar-refractivity contribution in [3.05, 3.63) is 23.2 Å². The van der Waals surface area contributed by atoms with E-state index >= 15 is 0 Å². The van der Waals surface area contributed by atoms with Gasteiger partial charge in [0.15, 0.2) is 0 Å². The monoisotopic (exact) mass is 304 g/mol. The summed E-state index contributed by atoms with van der Waals surface area (Å²) < 4.78 is 32.7. The van der Waals surface area contributed by atoms with Gasteiger partial charge in [-0.1, -0.05) is 11.6 Å². The number of nitrogens with two attached hydrogens (primary N) is 1. The van der Waals surface area contributed by atoms with Crippen molar-refractivity contribution < 1.29 is 13.2 Å². The first-order valence-electron chi connectivity index (χ1n) is 5.99. The van der Waals surface area contributed by atoms with Crippen LogP contribution in [-0.2, 0) is 14.8 Å². The van der Waals surface area contributed by atoms with Gasteiger partial charge >= 0.3 is 0 Å². The summed E-state index contributed by atoms with van der Waals surface area (Å²) in [5.74, 6) is 0. The second kappa shape index (κ2) is 5.28. The SMILES string of the molecule is CC1(NS(=O)(=O)c2ccc(N)cc2Cl)CCCOC1. The molecule has 1 fully saturated rings. The van der Waals surface area contributed by atoms with Crippen LogP contribution in [0.3, 0.4) is 0 Å². The van der Waals surface area contributed by atoms with Crippen molar-refractivity contribution in [1.82, 2.24) is 4.72 Å². The van der Waals surface area contributed by atoms with Crippen molar-refractivity contribution in [3.63, 3.8) is 0 Å². The summed E-state index contributed by atoms with van der Waals surface area (Å²) in [5, 5.41) is 0.118. The molecule has 0 radical (unpaired) electrons. The van der Waals surface area contributed by atoms with E-state index in [1.165, 1.54) is 18.2 Å². The first kappa shape index (κ1) is 14.6. The fourth-order valence-corrected chi connectivity index (χ4v) is 4.11. The summed E-state index contributed by atoms with van der Waals surface area (Å²) in [6.45, 7) is 2.85. The van der Waals surface area contributed by atoms with Gasteiger partial charge < -0.3 is 10.5 Å². The Bertz CT molecular complexity index is 568. The number of rotatable bonds is 3. The Hall–Kier alpha value is -0.820. The number of benzene rings is 1. The van der Waals surface area contributed by atoms with Gasteiger partial charge in [-0.25, -0.2) is 13.1 Å². The molecular weight excluding hydrogens is 288 g/mol. The molecule has 0 saturated carbocycles. The van der Waals surface area contributed by atoms with Crippen LogP contribution in [0.25, 0.3) is 0 Å². The zero-order chi connectivity index (χ0) is 14.1. The Morgan fingerprint density at radius 3 is 2.79 bits per heavy atom. The van der Waals surface area contributed by atoms with Gasteiger partial charge in [0.25, 0.3) is 0 Å². The minimum Gasteiger partial charge on any atom is -0.399 e. The van der Waals surface area contributed by atoms with Crippen LogP contribution < -0.4 is 10.5 Å². The molecule has 1 atom stereocenters. The number of ether oxygens (including phenoxy) is 1. The topological polar surface area (TPSA) is 81.4 Å². The van der Waals surface area contributed by atoms with Crippen LogP contribution in [0.1, 0.15) is 19.8 Å².